The van der Waals surface area contributed by atoms with Crippen LogP contribution >= 0.6 is 0 Å². The van der Waals surface area contributed by atoms with Crippen molar-refractivity contribution >= 4 is 11.8 Å². The molecule has 0 radical (unpaired) electrons. The van der Waals surface area contributed by atoms with Crippen LogP contribution in [-0.2, 0) is 19.9 Å². The van der Waals surface area contributed by atoms with Crippen LogP contribution in [0.5, 0.6) is 0 Å². The van der Waals surface area contributed by atoms with Crippen molar-refractivity contribution in [2.75, 3.05) is 6.61 Å². The van der Waals surface area contributed by atoms with Crippen LogP contribution in [0.25, 0.3) is 0 Å². The fourth-order valence-electron chi connectivity index (χ4n) is 3.46. The Kier molecular flexibility index (Phi) is 4.49. The average Bonchev–Trinajstić information content (AvgIpc) is 2.89. The van der Waals surface area contributed by atoms with Gasteiger partial charge in [0.25, 0.3) is 0 Å². The summed E-state index contributed by atoms with van der Waals surface area (Å²) in [5.74, 6) is -2.44. The number of hydrogen-bond acceptors (Lipinski definition) is 4. The lowest BCUT2D eigenvalue weighted by molar-refractivity contribution is -0.154. The highest BCUT2D eigenvalue weighted by atomic mass is 16.5. The Morgan fingerprint density at radius 1 is 1.12 bits per heavy atom. The summed E-state index contributed by atoms with van der Waals surface area (Å²) in [7, 11) is 0. The fraction of sp³-hybridized carbons (Fsp3) is 0.300. The predicted octanol–water partition coefficient (Wildman–Crippen LogP) is 2.81. The zero-order valence-electron chi connectivity index (χ0n) is 13.5. The summed E-state index contributed by atoms with van der Waals surface area (Å²) in [6, 6.07) is 18.2. The van der Waals surface area contributed by atoms with Crippen LogP contribution in [0.1, 0.15) is 30.4 Å². The Balaban J connectivity index is 2.04. The Bertz CT molecular complexity index is 726. The van der Waals surface area contributed by atoms with Gasteiger partial charge in [0.15, 0.2) is 5.78 Å². The summed E-state index contributed by atoms with van der Waals surface area (Å²) < 4.78 is 5.11. The number of Topliss-reactive ketones (excluding diaryl/α,β-unsaturated/α-hetero) is 1. The molecule has 0 heterocycles. The van der Waals surface area contributed by atoms with Gasteiger partial charge in [-0.05, 0) is 24.5 Å². The van der Waals surface area contributed by atoms with E-state index in [0.717, 1.165) is 5.56 Å². The van der Waals surface area contributed by atoms with Gasteiger partial charge in [0.1, 0.15) is 11.5 Å². The Hall–Kier alpha value is -2.46. The van der Waals surface area contributed by atoms with E-state index in [-0.39, 0.29) is 13.0 Å². The summed E-state index contributed by atoms with van der Waals surface area (Å²) in [5, 5.41) is 11.1. The van der Waals surface area contributed by atoms with Crippen LogP contribution < -0.4 is 0 Å². The molecular formula is C20H20O4. The number of hydrogen-bond donors (Lipinski definition) is 1. The summed E-state index contributed by atoms with van der Waals surface area (Å²) in [4.78, 5) is 25.4. The maximum atomic E-state index is 13.0. The van der Waals surface area contributed by atoms with Gasteiger partial charge in [-0.15, -0.1) is 0 Å². The van der Waals surface area contributed by atoms with E-state index in [0.29, 0.717) is 5.56 Å². The average molecular weight is 324 g/mol. The molecule has 2 aromatic carbocycles. The molecule has 1 aliphatic carbocycles. The van der Waals surface area contributed by atoms with Crippen molar-refractivity contribution in [2.24, 2.45) is 5.92 Å². The number of carbonyl (C=O) groups is 2. The lowest BCUT2D eigenvalue weighted by atomic mass is 9.88. The SMILES string of the molecule is CCOC(=O)C1C(=O)C(O)(c2ccccc2)CC1c1ccccc1. The molecule has 0 aliphatic heterocycles. The van der Waals surface area contributed by atoms with Gasteiger partial charge in [-0.3, -0.25) is 9.59 Å². The topological polar surface area (TPSA) is 63.6 Å². The van der Waals surface area contributed by atoms with E-state index in [1.165, 1.54) is 0 Å². The smallest absolute Gasteiger partial charge is 0.317 e. The molecule has 1 fully saturated rings. The molecule has 3 rings (SSSR count). The molecule has 0 amide bonds. The van der Waals surface area contributed by atoms with Crippen LogP contribution in [0.4, 0.5) is 0 Å². The van der Waals surface area contributed by atoms with E-state index in [4.69, 9.17) is 4.74 Å². The van der Waals surface area contributed by atoms with Crippen LogP contribution in [0.3, 0.4) is 0 Å². The van der Waals surface area contributed by atoms with Gasteiger partial charge in [0.2, 0.25) is 0 Å². The van der Waals surface area contributed by atoms with E-state index in [9.17, 15) is 14.7 Å². The minimum absolute atomic E-state index is 0.170. The first-order chi connectivity index (χ1) is 11.6. The third kappa shape index (κ3) is 2.74. The summed E-state index contributed by atoms with van der Waals surface area (Å²) in [6.07, 6.45) is 0.170. The monoisotopic (exact) mass is 324 g/mol. The first-order valence-electron chi connectivity index (χ1n) is 8.11. The van der Waals surface area contributed by atoms with E-state index in [1.807, 2.05) is 36.4 Å². The van der Waals surface area contributed by atoms with Crippen molar-refractivity contribution in [3.8, 4) is 0 Å². The molecule has 3 atom stereocenters. The Morgan fingerprint density at radius 2 is 1.71 bits per heavy atom. The first-order valence-corrected chi connectivity index (χ1v) is 8.11. The Labute approximate surface area is 141 Å². The lowest BCUT2D eigenvalue weighted by Gasteiger charge is -2.21. The van der Waals surface area contributed by atoms with E-state index in [2.05, 4.69) is 0 Å². The predicted molar refractivity (Wildman–Crippen MR) is 89.3 cm³/mol. The number of ketones is 1. The molecule has 0 saturated heterocycles. The van der Waals surface area contributed by atoms with Crippen molar-refractivity contribution in [1.82, 2.24) is 0 Å². The maximum Gasteiger partial charge on any atom is 0.317 e. The number of rotatable bonds is 4. The fourth-order valence-corrected chi connectivity index (χ4v) is 3.46. The third-order valence-electron chi connectivity index (χ3n) is 4.63. The zero-order chi connectivity index (χ0) is 17.2. The van der Waals surface area contributed by atoms with Crippen molar-refractivity contribution in [1.29, 1.82) is 0 Å². The number of aliphatic hydroxyl groups is 1. The van der Waals surface area contributed by atoms with Gasteiger partial charge in [0, 0.05) is 5.92 Å². The molecule has 3 unspecified atom stereocenters. The van der Waals surface area contributed by atoms with Crippen molar-refractivity contribution in [3.63, 3.8) is 0 Å². The van der Waals surface area contributed by atoms with Gasteiger partial charge in [-0.2, -0.15) is 0 Å². The van der Waals surface area contributed by atoms with Crippen molar-refractivity contribution in [2.45, 2.75) is 24.9 Å². The minimum atomic E-state index is -1.67. The standard InChI is InChI=1S/C20H20O4/c1-2-24-19(22)17-16(14-9-5-3-6-10-14)13-20(23,18(17)21)15-11-7-4-8-12-15/h3-12,16-17,23H,2,13H2,1H3. The second kappa shape index (κ2) is 6.57. The van der Waals surface area contributed by atoms with Gasteiger partial charge in [-0.1, -0.05) is 60.7 Å². The molecule has 124 valence electrons. The van der Waals surface area contributed by atoms with Crippen molar-refractivity contribution < 1.29 is 19.4 Å². The van der Waals surface area contributed by atoms with Gasteiger partial charge >= 0.3 is 5.97 Å². The normalized spacial score (nSPS) is 26.3. The molecule has 1 N–H and O–H groups in total. The third-order valence-corrected chi connectivity index (χ3v) is 4.63. The molecule has 4 heteroatoms. The van der Waals surface area contributed by atoms with E-state index < -0.39 is 29.2 Å². The second-order valence-corrected chi connectivity index (χ2v) is 6.04. The highest BCUT2D eigenvalue weighted by molar-refractivity contribution is 6.06. The molecule has 4 nitrogen and oxygen atoms in total. The number of benzene rings is 2. The minimum Gasteiger partial charge on any atom is -0.465 e. The number of carbonyl (C=O) groups excluding carboxylic acids is 2. The van der Waals surface area contributed by atoms with Crippen LogP contribution in [0, 0.1) is 5.92 Å². The summed E-state index contributed by atoms with van der Waals surface area (Å²) in [6.45, 7) is 1.91. The van der Waals surface area contributed by atoms with Gasteiger partial charge < -0.3 is 9.84 Å². The molecular weight excluding hydrogens is 304 g/mol. The summed E-state index contributed by atoms with van der Waals surface area (Å²) >= 11 is 0. The molecule has 24 heavy (non-hydrogen) atoms. The van der Waals surface area contributed by atoms with Crippen molar-refractivity contribution in [3.05, 3.63) is 71.8 Å². The summed E-state index contributed by atoms with van der Waals surface area (Å²) in [5.41, 5.74) is -0.294. The van der Waals surface area contributed by atoms with Crippen LogP contribution in [0.15, 0.2) is 60.7 Å². The second-order valence-electron chi connectivity index (χ2n) is 6.04. The van der Waals surface area contributed by atoms with E-state index in [1.54, 1.807) is 31.2 Å². The number of ether oxygens (including phenoxy) is 1. The highest BCUT2D eigenvalue weighted by Crippen LogP contribution is 2.48. The molecule has 1 saturated carbocycles. The molecule has 0 bridgehead atoms. The van der Waals surface area contributed by atoms with Crippen LogP contribution in [0.2, 0.25) is 0 Å². The van der Waals surface area contributed by atoms with Gasteiger partial charge in [-0.25, -0.2) is 0 Å². The van der Waals surface area contributed by atoms with Crippen LogP contribution in [-0.4, -0.2) is 23.5 Å². The molecule has 2 aromatic rings. The number of esters is 1. The largest absolute Gasteiger partial charge is 0.465 e. The Morgan fingerprint density at radius 3 is 2.29 bits per heavy atom. The molecule has 0 aromatic heterocycles. The van der Waals surface area contributed by atoms with Gasteiger partial charge in [0.05, 0.1) is 6.61 Å². The zero-order valence-corrected chi connectivity index (χ0v) is 13.5. The first kappa shape index (κ1) is 16.4. The lowest BCUT2D eigenvalue weighted by Crippen LogP contribution is -2.36. The molecule has 0 spiro atoms. The maximum absolute atomic E-state index is 13.0. The quantitative estimate of drug-likeness (QED) is 0.694. The van der Waals surface area contributed by atoms with E-state index >= 15 is 0 Å². The highest BCUT2D eigenvalue weighted by Gasteiger charge is 2.56. The molecule has 1 aliphatic rings.